The third-order valence-corrected chi connectivity index (χ3v) is 3.95. The SMILES string of the molecule is CC(=O)N1N=C(c2ccc(F)cc2)OC1/C=C/c1ccc(N(C)C)cc1. The Kier molecular flexibility index (Phi) is 5.02. The first-order valence-electron chi connectivity index (χ1n) is 8.20. The lowest BCUT2D eigenvalue weighted by atomic mass is 10.2. The quantitative estimate of drug-likeness (QED) is 0.845. The second-order valence-electron chi connectivity index (χ2n) is 6.13. The Morgan fingerprint density at radius 3 is 2.38 bits per heavy atom. The second-order valence-corrected chi connectivity index (χ2v) is 6.13. The van der Waals surface area contributed by atoms with Crippen molar-refractivity contribution in [3.8, 4) is 0 Å². The molecule has 0 radical (unpaired) electrons. The molecule has 6 heteroatoms. The Bertz CT molecular complexity index is 842. The molecule has 1 aliphatic heterocycles. The summed E-state index contributed by atoms with van der Waals surface area (Å²) in [7, 11) is 3.96. The zero-order valence-corrected chi connectivity index (χ0v) is 14.9. The van der Waals surface area contributed by atoms with Gasteiger partial charge in [0.25, 0.3) is 0 Å². The number of hydrogen-bond acceptors (Lipinski definition) is 4. The molecule has 0 saturated carbocycles. The van der Waals surface area contributed by atoms with Crippen molar-refractivity contribution in [1.29, 1.82) is 0 Å². The van der Waals surface area contributed by atoms with Crippen molar-refractivity contribution in [2.24, 2.45) is 5.10 Å². The van der Waals surface area contributed by atoms with E-state index in [1.165, 1.54) is 24.1 Å². The first-order chi connectivity index (χ1) is 12.4. The van der Waals surface area contributed by atoms with Gasteiger partial charge in [-0.25, -0.2) is 4.39 Å². The number of benzene rings is 2. The molecule has 1 aliphatic rings. The van der Waals surface area contributed by atoms with Crippen molar-refractivity contribution in [2.45, 2.75) is 13.2 Å². The van der Waals surface area contributed by atoms with Crippen molar-refractivity contribution in [3.05, 3.63) is 71.6 Å². The molecular weight excluding hydrogens is 333 g/mol. The number of halogens is 1. The molecule has 26 heavy (non-hydrogen) atoms. The summed E-state index contributed by atoms with van der Waals surface area (Å²) in [6.07, 6.45) is 3.01. The van der Waals surface area contributed by atoms with Gasteiger partial charge in [0, 0.05) is 32.3 Å². The van der Waals surface area contributed by atoms with E-state index in [9.17, 15) is 9.18 Å². The van der Waals surface area contributed by atoms with E-state index in [0.29, 0.717) is 5.56 Å². The van der Waals surface area contributed by atoms with Crippen LogP contribution in [0, 0.1) is 5.82 Å². The molecule has 0 fully saturated rings. The predicted molar refractivity (Wildman–Crippen MR) is 100 cm³/mol. The lowest BCUT2D eigenvalue weighted by Gasteiger charge is -2.15. The molecule has 0 N–H and O–H groups in total. The van der Waals surface area contributed by atoms with Gasteiger partial charge in [0.15, 0.2) is 0 Å². The zero-order valence-electron chi connectivity index (χ0n) is 14.9. The van der Waals surface area contributed by atoms with E-state index >= 15 is 0 Å². The van der Waals surface area contributed by atoms with E-state index in [1.807, 2.05) is 49.3 Å². The van der Waals surface area contributed by atoms with E-state index in [0.717, 1.165) is 11.3 Å². The summed E-state index contributed by atoms with van der Waals surface area (Å²) in [6.45, 7) is 1.42. The van der Waals surface area contributed by atoms with E-state index in [1.54, 1.807) is 18.2 Å². The molecule has 134 valence electrons. The summed E-state index contributed by atoms with van der Waals surface area (Å²) in [6, 6.07) is 13.8. The predicted octanol–water partition coefficient (Wildman–Crippen LogP) is 3.47. The topological polar surface area (TPSA) is 45.1 Å². The molecule has 1 heterocycles. The van der Waals surface area contributed by atoms with Gasteiger partial charge in [0.2, 0.25) is 18.0 Å². The molecule has 2 aromatic rings. The Morgan fingerprint density at radius 1 is 1.15 bits per heavy atom. The van der Waals surface area contributed by atoms with Crippen molar-refractivity contribution in [2.75, 3.05) is 19.0 Å². The lowest BCUT2D eigenvalue weighted by molar-refractivity contribution is -0.132. The Balaban J connectivity index is 1.77. The average Bonchev–Trinajstić information content (AvgIpc) is 3.05. The highest BCUT2D eigenvalue weighted by atomic mass is 19.1. The summed E-state index contributed by atoms with van der Waals surface area (Å²) in [5.41, 5.74) is 2.70. The van der Waals surface area contributed by atoms with Gasteiger partial charge in [-0.2, -0.15) is 5.01 Å². The van der Waals surface area contributed by atoms with Crippen LogP contribution in [0.25, 0.3) is 6.08 Å². The summed E-state index contributed by atoms with van der Waals surface area (Å²) in [5.74, 6) is -0.286. The monoisotopic (exact) mass is 353 g/mol. The van der Waals surface area contributed by atoms with Gasteiger partial charge in [0.05, 0.1) is 0 Å². The number of nitrogens with zero attached hydrogens (tertiary/aromatic N) is 3. The molecule has 2 aromatic carbocycles. The third kappa shape index (κ3) is 3.91. The van der Waals surface area contributed by atoms with E-state index in [4.69, 9.17) is 4.74 Å². The van der Waals surface area contributed by atoms with E-state index < -0.39 is 6.23 Å². The molecule has 5 nitrogen and oxygen atoms in total. The van der Waals surface area contributed by atoms with Crippen molar-refractivity contribution in [1.82, 2.24) is 5.01 Å². The first-order valence-corrected chi connectivity index (χ1v) is 8.20. The number of anilines is 1. The number of hydrogen-bond donors (Lipinski definition) is 0. The zero-order chi connectivity index (χ0) is 18.7. The highest BCUT2D eigenvalue weighted by Gasteiger charge is 2.29. The maximum absolute atomic E-state index is 13.1. The van der Waals surface area contributed by atoms with Crippen LogP contribution in [0.15, 0.2) is 59.7 Å². The van der Waals surface area contributed by atoms with Gasteiger partial charge in [-0.3, -0.25) is 4.79 Å². The molecule has 0 bridgehead atoms. The minimum Gasteiger partial charge on any atom is -0.446 e. The number of carbonyl (C=O) groups excluding carboxylic acids is 1. The fourth-order valence-electron chi connectivity index (χ4n) is 2.51. The van der Waals surface area contributed by atoms with Gasteiger partial charge < -0.3 is 9.64 Å². The van der Waals surface area contributed by atoms with Crippen LogP contribution in [0.4, 0.5) is 10.1 Å². The van der Waals surface area contributed by atoms with Gasteiger partial charge >= 0.3 is 0 Å². The average molecular weight is 353 g/mol. The molecule has 0 spiro atoms. The fraction of sp³-hybridized carbons (Fsp3) is 0.200. The lowest BCUT2D eigenvalue weighted by Crippen LogP contribution is -2.30. The van der Waals surface area contributed by atoms with Gasteiger partial charge in [-0.1, -0.05) is 18.2 Å². The standard InChI is InChI=1S/C20H20FN3O2/c1-14(25)24-19(13-6-15-4-11-18(12-5-15)23(2)3)26-20(22-24)16-7-9-17(21)10-8-16/h4-13,19H,1-3H3/b13-6+. The second kappa shape index (κ2) is 7.39. The summed E-state index contributed by atoms with van der Waals surface area (Å²) in [4.78, 5) is 13.9. The highest BCUT2D eigenvalue weighted by molar-refractivity contribution is 5.96. The molecule has 1 amide bonds. The highest BCUT2D eigenvalue weighted by Crippen LogP contribution is 2.20. The van der Waals surface area contributed by atoms with Crippen LogP contribution in [-0.4, -0.2) is 37.1 Å². The summed E-state index contributed by atoms with van der Waals surface area (Å²) < 4.78 is 18.9. The first kappa shape index (κ1) is 17.7. The van der Waals surface area contributed by atoms with Crippen LogP contribution in [0.3, 0.4) is 0 Å². The van der Waals surface area contributed by atoms with Crippen LogP contribution in [0.5, 0.6) is 0 Å². The Morgan fingerprint density at radius 2 is 1.81 bits per heavy atom. The van der Waals surface area contributed by atoms with E-state index in [-0.39, 0.29) is 17.6 Å². The Hall–Kier alpha value is -3.15. The summed E-state index contributed by atoms with van der Waals surface area (Å²) in [5, 5.41) is 5.48. The minimum absolute atomic E-state index is 0.236. The smallest absolute Gasteiger partial charge is 0.243 e. The van der Waals surface area contributed by atoms with Crippen molar-refractivity contribution >= 4 is 23.6 Å². The summed E-state index contributed by atoms with van der Waals surface area (Å²) >= 11 is 0. The molecule has 0 saturated heterocycles. The fourth-order valence-corrected chi connectivity index (χ4v) is 2.51. The minimum atomic E-state index is -0.638. The van der Waals surface area contributed by atoms with E-state index in [2.05, 4.69) is 5.10 Å². The molecule has 0 aliphatic carbocycles. The molecule has 0 aromatic heterocycles. The number of hydrazone groups is 1. The van der Waals surface area contributed by atoms with Crippen LogP contribution in [0.2, 0.25) is 0 Å². The largest absolute Gasteiger partial charge is 0.446 e. The molecular formula is C20H20FN3O2. The Labute approximate surface area is 152 Å². The maximum Gasteiger partial charge on any atom is 0.243 e. The number of ether oxygens (including phenoxy) is 1. The maximum atomic E-state index is 13.1. The van der Waals surface area contributed by atoms with Crippen molar-refractivity contribution in [3.63, 3.8) is 0 Å². The number of carbonyl (C=O) groups is 1. The van der Waals surface area contributed by atoms with Gasteiger partial charge in [-0.15, -0.1) is 5.10 Å². The van der Waals surface area contributed by atoms with Gasteiger partial charge in [-0.05, 0) is 48.0 Å². The van der Waals surface area contributed by atoms with Crippen LogP contribution in [-0.2, 0) is 9.53 Å². The number of rotatable bonds is 4. The van der Waals surface area contributed by atoms with Crippen LogP contribution in [0.1, 0.15) is 18.1 Å². The van der Waals surface area contributed by atoms with Crippen molar-refractivity contribution < 1.29 is 13.9 Å². The molecule has 3 rings (SSSR count). The van der Waals surface area contributed by atoms with Crippen LogP contribution < -0.4 is 4.90 Å². The van der Waals surface area contributed by atoms with Crippen LogP contribution >= 0.6 is 0 Å². The third-order valence-electron chi connectivity index (χ3n) is 3.95. The number of amides is 1. The van der Waals surface area contributed by atoms with Gasteiger partial charge in [0.1, 0.15) is 5.82 Å². The molecule has 1 unspecified atom stereocenters. The molecule has 1 atom stereocenters. The normalized spacial score (nSPS) is 16.5.